The van der Waals surface area contributed by atoms with E-state index in [1.165, 1.54) is 13.1 Å². The zero-order valence-electron chi connectivity index (χ0n) is 17.0. The molecule has 0 aromatic heterocycles. The van der Waals surface area contributed by atoms with Crippen LogP contribution in [0.25, 0.3) is 0 Å². The third-order valence-electron chi connectivity index (χ3n) is 8.68. The summed E-state index contributed by atoms with van der Waals surface area (Å²) in [5, 5.41) is 21.2. The van der Waals surface area contributed by atoms with E-state index in [1.807, 2.05) is 6.08 Å². The van der Waals surface area contributed by atoms with Gasteiger partial charge >= 0.3 is 5.97 Å². The van der Waals surface area contributed by atoms with Crippen molar-refractivity contribution >= 4 is 5.97 Å². The highest BCUT2D eigenvalue weighted by Gasteiger charge is 2.62. The van der Waals surface area contributed by atoms with Crippen LogP contribution in [0.4, 0.5) is 4.39 Å². The van der Waals surface area contributed by atoms with E-state index >= 15 is 0 Å². The van der Waals surface area contributed by atoms with Crippen LogP contribution in [0.3, 0.4) is 0 Å². The number of esters is 1. The van der Waals surface area contributed by atoms with Gasteiger partial charge in [0.2, 0.25) is 0 Å². The lowest BCUT2D eigenvalue weighted by Crippen LogP contribution is -2.57. The lowest BCUT2D eigenvalue weighted by Gasteiger charge is -2.59. The summed E-state index contributed by atoms with van der Waals surface area (Å²) in [4.78, 5) is 11.9. The quantitative estimate of drug-likeness (QED) is 0.409. The Bertz CT molecular complexity index is 751. The molecule has 4 nitrogen and oxygen atoms in total. The summed E-state index contributed by atoms with van der Waals surface area (Å²) in [6.07, 6.45) is 7.08. The lowest BCUT2D eigenvalue weighted by molar-refractivity contribution is -0.159. The lowest BCUT2D eigenvalue weighted by atomic mass is 9.46. The van der Waals surface area contributed by atoms with Gasteiger partial charge in [0.05, 0.1) is 18.1 Å². The van der Waals surface area contributed by atoms with Gasteiger partial charge in [-0.2, -0.15) is 0 Å². The number of aliphatic hydroxyl groups excluding tert-OH is 2. The Morgan fingerprint density at radius 3 is 2.61 bits per heavy atom. The number of halogens is 1. The first-order valence-electron chi connectivity index (χ1n) is 10.6. The van der Waals surface area contributed by atoms with Crippen molar-refractivity contribution in [2.24, 2.45) is 34.5 Å². The van der Waals surface area contributed by atoms with Crippen LogP contribution in [0.5, 0.6) is 0 Å². The number of hydrogen-bond donors (Lipinski definition) is 2. The minimum absolute atomic E-state index is 0.141. The largest absolute Gasteiger partial charge is 0.458 e. The molecule has 3 saturated carbocycles. The van der Waals surface area contributed by atoms with Gasteiger partial charge in [0.25, 0.3) is 0 Å². The molecule has 0 amide bonds. The molecule has 0 saturated heterocycles. The minimum atomic E-state index is -0.695. The molecular weight excluding hydrogens is 359 g/mol. The van der Waals surface area contributed by atoms with Crippen LogP contribution >= 0.6 is 0 Å². The molecule has 0 spiro atoms. The fourth-order valence-electron chi connectivity index (χ4n) is 7.21. The van der Waals surface area contributed by atoms with Gasteiger partial charge in [-0.3, -0.25) is 4.79 Å². The van der Waals surface area contributed by atoms with Crippen molar-refractivity contribution in [3.05, 3.63) is 11.6 Å². The normalized spacial score (nSPS) is 49.6. The van der Waals surface area contributed by atoms with Crippen LogP contribution in [0.2, 0.25) is 0 Å². The van der Waals surface area contributed by atoms with E-state index in [1.54, 1.807) is 0 Å². The average molecular weight is 390 g/mol. The molecule has 0 bridgehead atoms. The maximum absolute atomic E-state index is 12.9. The minimum Gasteiger partial charge on any atom is -0.458 e. The van der Waals surface area contributed by atoms with Gasteiger partial charge in [-0.15, -0.1) is 4.39 Å². The monoisotopic (exact) mass is 390 g/mol. The van der Waals surface area contributed by atoms with E-state index in [0.29, 0.717) is 6.42 Å². The fraction of sp³-hybridized carbons (Fsp3) is 0.783. The molecule has 5 heteroatoms. The summed E-state index contributed by atoms with van der Waals surface area (Å²) in [5.41, 5.74) is 0.600. The smallest absolute Gasteiger partial charge is 0.303 e. The van der Waals surface area contributed by atoms with Crippen molar-refractivity contribution in [2.45, 2.75) is 77.6 Å². The molecule has 0 aliphatic heterocycles. The van der Waals surface area contributed by atoms with E-state index in [2.05, 4.69) is 19.8 Å². The second-order valence-corrected chi connectivity index (χ2v) is 9.86. The zero-order valence-corrected chi connectivity index (χ0v) is 17.0. The maximum Gasteiger partial charge on any atom is 0.303 e. The number of hydrogen-bond acceptors (Lipinski definition) is 4. The van der Waals surface area contributed by atoms with E-state index in [9.17, 15) is 19.4 Å². The number of aliphatic hydroxyl groups is 2. The van der Waals surface area contributed by atoms with E-state index in [4.69, 9.17) is 4.74 Å². The summed E-state index contributed by atoms with van der Waals surface area (Å²) in [6.45, 7) is 5.81. The molecule has 154 valence electrons. The number of carbonyl (C=O) groups excluding carboxylic acids is 1. The van der Waals surface area contributed by atoms with E-state index < -0.39 is 18.1 Å². The van der Waals surface area contributed by atoms with Crippen LogP contribution in [0.1, 0.15) is 59.3 Å². The van der Waals surface area contributed by atoms with E-state index in [-0.39, 0.29) is 40.7 Å². The maximum atomic E-state index is 12.9. The number of carbonyl (C=O) groups is 1. The van der Waals surface area contributed by atoms with Crippen molar-refractivity contribution < 1.29 is 24.1 Å². The Hall–Kier alpha value is -1.38. The van der Waals surface area contributed by atoms with Crippen LogP contribution < -0.4 is 0 Å². The van der Waals surface area contributed by atoms with Gasteiger partial charge in [0.1, 0.15) is 12.3 Å². The molecule has 2 N–H and O–H groups in total. The second kappa shape index (κ2) is 6.85. The Morgan fingerprint density at radius 1 is 1.18 bits per heavy atom. The molecular formula is C23H31FO4. The van der Waals surface area contributed by atoms with Gasteiger partial charge in [-0.1, -0.05) is 19.8 Å². The van der Waals surface area contributed by atoms with Crippen molar-refractivity contribution in [3.8, 4) is 12.1 Å². The standard InChI is InChI=1S/C23H31FO4/c1-13(25)28-19-12-17-14(8-11-24)18(26)7-10-22(17,2)16-6-9-23(3)15(21(16)19)4-5-20(23)27/h12,14-16,18-21,26-27H,4-7,9-10H2,1-3H3/t14?,15-,16+,18?,19?,20?,21-,22+,23-/m0/s1. The van der Waals surface area contributed by atoms with Gasteiger partial charge in [-0.25, -0.2) is 0 Å². The van der Waals surface area contributed by atoms with Gasteiger partial charge in [0.15, 0.2) is 0 Å². The average Bonchev–Trinajstić information content (AvgIpc) is 2.94. The van der Waals surface area contributed by atoms with Crippen molar-refractivity contribution in [3.63, 3.8) is 0 Å². The molecule has 4 rings (SSSR count). The fourth-order valence-corrected chi connectivity index (χ4v) is 7.21. The number of ether oxygens (including phenoxy) is 1. The van der Waals surface area contributed by atoms with Crippen molar-refractivity contribution in [2.75, 3.05) is 0 Å². The highest BCUT2D eigenvalue weighted by Crippen LogP contribution is 2.65. The first kappa shape index (κ1) is 19.9. The molecule has 0 radical (unpaired) electrons. The van der Waals surface area contributed by atoms with Gasteiger partial charge in [0, 0.05) is 12.8 Å². The Labute approximate surface area is 166 Å². The molecule has 0 heterocycles. The second-order valence-electron chi connectivity index (χ2n) is 9.86. The highest BCUT2D eigenvalue weighted by molar-refractivity contribution is 5.66. The van der Waals surface area contributed by atoms with Crippen LogP contribution in [-0.2, 0) is 9.53 Å². The third kappa shape index (κ3) is 2.75. The summed E-state index contributed by atoms with van der Waals surface area (Å²) in [7, 11) is 0. The van der Waals surface area contributed by atoms with E-state index in [0.717, 1.165) is 37.7 Å². The molecule has 0 aromatic rings. The predicted molar refractivity (Wildman–Crippen MR) is 102 cm³/mol. The number of fused-ring (bicyclic) bond motifs is 5. The summed E-state index contributed by atoms with van der Waals surface area (Å²) in [6, 6.07) is 0. The highest BCUT2D eigenvalue weighted by atomic mass is 19.1. The Kier molecular flexibility index (Phi) is 4.87. The van der Waals surface area contributed by atoms with Crippen molar-refractivity contribution in [1.29, 1.82) is 0 Å². The topological polar surface area (TPSA) is 66.8 Å². The zero-order chi connectivity index (χ0) is 20.3. The molecule has 4 unspecified atom stereocenters. The summed E-state index contributed by atoms with van der Waals surface area (Å²) < 4.78 is 18.7. The van der Waals surface area contributed by atoms with Crippen molar-refractivity contribution in [1.82, 2.24) is 0 Å². The van der Waals surface area contributed by atoms with Gasteiger partial charge < -0.3 is 14.9 Å². The molecule has 3 fully saturated rings. The molecule has 4 aliphatic carbocycles. The Morgan fingerprint density at radius 2 is 1.93 bits per heavy atom. The number of rotatable bonds is 1. The first-order chi connectivity index (χ1) is 13.2. The molecule has 0 aromatic carbocycles. The first-order valence-corrected chi connectivity index (χ1v) is 10.6. The third-order valence-corrected chi connectivity index (χ3v) is 8.68. The van der Waals surface area contributed by atoms with Gasteiger partial charge in [-0.05, 0) is 72.8 Å². The molecule has 4 aliphatic rings. The molecule has 28 heavy (non-hydrogen) atoms. The SMILES string of the molecule is CC(=O)OC1C=C2C(C#CF)C(O)CC[C@]2(C)[C@@H]2CC[C@]3(C)C(O)CC[C@H]3[C@H]12. The summed E-state index contributed by atoms with van der Waals surface area (Å²) in [5.74, 6) is 2.39. The summed E-state index contributed by atoms with van der Waals surface area (Å²) >= 11 is 0. The van der Waals surface area contributed by atoms with Crippen LogP contribution in [0.15, 0.2) is 11.6 Å². The Balaban J connectivity index is 1.82. The van der Waals surface area contributed by atoms with Crippen LogP contribution in [0, 0.1) is 46.6 Å². The molecule has 9 atom stereocenters. The van der Waals surface area contributed by atoms with Crippen LogP contribution in [-0.4, -0.2) is 34.5 Å². The predicted octanol–water partition coefficient (Wildman–Crippen LogP) is 3.37.